The molecule has 0 aromatic carbocycles. The number of hydrogen-bond acceptors (Lipinski definition) is 5. The number of rotatable bonds is 2. The minimum atomic E-state index is 0.317. The van der Waals surface area contributed by atoms with E-state index in [-0.39, 0.29) is 0 Å². The molecule has 3 heterocycles. The highest BCUT2D eigenvalue weighted by Gasteiger charge is 2.23. The lowest BCUT2D eigenvalue weighted by atomic mass is 10.1. The maximum atomic E-state index is 5.68. The first-order valence-electron chi connectivity index (χ1n) is 5.13. The van der Waals surface area contributed by atoms with Crippen molar-refractivity contribution in [1.29, 1.82) is 0 Å². The predicted octanol–water partition coefficient (Wildman–Crippen LogP) is 2.06. The summed E-state index contributed by atoms with van der Waals surface area (Å²) < 4.78 is 10.3. The van der Waals surface area contributed by atoms with Crippen molar-refractivity contribution in [2.24, 2.45) is 0 Å². The van der Waals surface area contributed by atoms with Crippen LogP contribution in [0.25, 0.3) is 11.7 Å². The van der Waals surface area contributed by atoms with Gasteiger partial charge in [0.15, 0.2) is 16.8 Å². The molecular formula is C10H10ClN3O2. The predicted molar refractivity (Wildman–Crippen MR) is 57.2 cm³/mol. The summed E-state index contributed by atoms with van der Waals surface area (Å²) >= 11 is 5.68. The molecule has 5 nitrogen and oxygen atoms in total. The Hall–Kier alpha value is -1.33. The van der Waals surface area contributed by atoms with E-state index in [0.717, 1.165) is 25.3 Å². The SMILES string of the molecule is Clc1ccc(-c2nc(C3CCNC3)no2)o1. The average molecular weight is 240 g/mol. The third-order valence-corrected chi connectivity index (χ3v) is 2.85. The number of hydrogen-bond donors (Lipinski definition) is 1. The van der Waals surface area contributed by atoms with Crippen LogP contribution in [-0.2, 0) is 0 Å². The van der Waals surface area contributed by atoms with Crippen molar-refractivity contribution < 1.29 is 8.94 Å². The van der Waals surface area contributed by atoms with Crippen LogP contribution in [0.5, 0.6) is 0 Å². The summed E-state index contributed by atoms with van der Waals surface area (Å²) in [6.45, 7) is 1.90. The van der Waals surface area contributed by atoms with Crippen LogP contribution in [0.15, 0.2) is 21.1 Å². The van der Waals surface area contributed by atoms with E-state index in [1.807, 2.05) is 0 Å². The first-order valence-corrected chi connectivity index (χ1v) is 5.51. The molecule has 1 fully saturated rings. The molecule has 1 aliphatic heterocycles. The van der Waals surface area contributed by atoms with Crippen molar-refractivity contribution in [3.8, 4) is 11.7 Å². The second-order valence-corrected chi connectivity index (χ2v) is 4.12. The smallest absolute Gasteiger partial charge is 0.293 e. The Morgan fingerprint density at radius 3 is 3.06 bits per heavy atom. The first kappa shape index (κ1) is 9.86. The second kappa shape index (κ2) is 3.92. The van der Waals surface area contributed by atoms with E-state index in [0.29, 0.717) is 22.8 Å². The topological polar surface area (TPSA) is 64.1 Å². The molecule has 1 unspecified atom stereocenters. The van der Waals surface area contributed by atoms with Crippen LogP contribution in [0.1, 0.15) is 18.2 Å². The Kier molecular flexibility index (Phi) is 2.41. The molecule has 0 radical (unpaired) electrons. The summed E-state index contributed by atoms with van der Waals surface area (Å²) in [4.78, 5) is 4.31. The fraction of sp³-hybridized carbons (Fsp3) is 0.400. The zero-order chi connectivity index (χ0) is 11.0. The maximum absolute atomic E-state index is 5.68. The van der Waals surface area contributed by atoms with Gasteiger partial charge in [-0.2, -0.15) is 4.98 Å². The van der Waals surface area contributed by atoms with E-state index >= 15 is 0 Å². The normalized spacial score (nSPS) is 20.4. The van der Waals surface area contributed by atoms with Gasteiger partial charge in [-0.15, -0.1) is 0 Å². The third kappa shape index (κ3) is 1.72. The second-order valence-electron chi connectivity index (χ2n) is 3.75. The highest BCUT2D eigenvalue weighted by atomic mass is 35.5. The number of nitrogens with zero attached hydrogens (tertiary/aromatic N) is 2. The van der Waals surface area contributed by atoms with Gasteiger partial charge in [-0.1, -0.05) is 5.16 Å². The van der Waals surface area contributed by atoms with Crippen molar-refractivity contribution in [3.05, 3.63) is 23.2 Å². The van der Waals surface area contributed by atoms with Gasteiger partial charge in [-0.05, 0) is 36.7 Å². The number of halogens is 1. The van der Waals surface area contributed by atoms with Crippen LogP contribution in [0.2, 0.25) is 5.22 Å². The van der Waals surface area contributed by atoms with Gasteiger partial charge >= 0.3 is 0 Å². The van der Waals surface area contributed by atoms with Gasteiger partial charge in [0.05, 0.1) is 0 Å². The summed E-state index contributed by atoms with van der Waals surface area (Å²) in [5, 5.41) is 7.53. The number of furan rings is 1. The lowest BCUT2D eigenvalue weighted by molar-refractivity contribution is 0.405. The summed E-state index contributed by atoms with van der Waals surface area (Å²) in [5.41, 5.74) is 0. The fourth-order valence-electron chi connectivity index (χ4n) is 1.81. The molecule has 84 valence electrons. The highest BCUT2D eigenvalue weighted by molar-refractivity contribution is 6.28. The van der Waals surface area contributed by atoms with Crippen LogP contribution in [0.3, 0.4) is 0 Å². The van der Waals surface area contributed by atoms with Crippen LogP contribution < -0.4 is 5.32 Å². The summed E-state index contributed by atoms with van der Waals surface area (Å²) in [6.07, 6.45) is 1.04. The Morgan fingerprint density at radius 2 is 2.38 bits per heavy atom. The molecule has 1 N–H and O–H groups in total. The molecule has 0 aliphatic carbocycles. The minimum Gasteiger partial charge on any atom is -0.440 e. The van der Waals surface area contributed by atoms with Gasteiger partial charge in [0.2, 0.25) is 0 Å². The van der Waals surface area contributed by atoms with Crippen molar-refractivity contribution in [1.82, 2.24) is 15.5 Å². The van der Waals surface area contributed by atoms with E-state index in [1.54, 1.807) is 12.1 Å². The molecule has 16 heavy (non-hydrogen) atoms. The Bertz CT molecular complexity index is 488. The van der Waals surface area contributed by atoms with Crippen molar-refractivity contribution in [2.45, 2.75) is 12.3 Å². The van der Waals surface area contributed by atoms with Crippen molar-refractivity contribution in [2.75, 3.05) is 13.1 Å². The van der Waals surface area contributed by atoms with Gasteiger partial charge in [0.1, 0.15) is 0 Å². The lowest BCUT2D eigenvalue weighted by Crippen LogP contribution is -2.08. The molecule has 2 aromatic heterocycles. The Morgan fingerprint density at radius 1 is 1.44 bits per heavy atom. The van der Waals surface area contributed by atoms with E-state index in [4.69, 9.17) is 20.5 Å². The van der Waals surface area contributed by atoms with Crippen molar-refractivity contribution >= 4 is 11.6 Å². The Labute approximate surface area is 96.8 Å². The molecule has 1 atom stereocenters. The standard InChI is InChI=1S/C10H10ClN3O2/c11-8-2-1-7(15-8)10-13-9(14-16-10)6-3-4-12-5-6/h1-2,6,12H,3-5H2. The molecular weight excluding hydrogens is 230 g/mol. The summed E-state index contributed by atoms with van der Waals surface area (Å²) in [6, 6.07) is 3.37. The molecule has 3 rings (SSSR count). The summed E-state index contributed by atoms with van der Waals surface area (Å²) in [5.74, 6) is 1.96. The fourth-order valence-corrected chi connectivity index (χ4v) is 1.95. The van der Waals surface area contributed by atoms with E-state index in [1.165, 1.54) is 0 Å². The zero-order valence-electron chi connectivity index (χ0n) is 8.44. The molecule has 2 aromatic rings. The minimum absolute atomic E-state index is 0.317. The third-order valence-electron chi connectivity index (χ3n) is 2.65. The van der Waals surface area contributed by atoms with E-state index < -0.39 is 0 Å². The van der Waals surface area contributed by atoms with Crippen LogP contribution >= 0.6 is 11.6 Å². The van der Waals surface area contributed by atoms with E-state index in [9.17, 15) is 0 Å². The average Bonchev–Trinajstić information content (AvgIpc) is 2.97. The quantitative estimate of drug-likeness (QED) is 0.869. The van der Waals surface area contributed by atoms with Gasteiger partial charge in [-0.3, -0.25) is 0 Å². The van der Waals surface area contributed by atoms with Crippen LogP contribution in [0.4, 0.5) is 0 Å². The Balaban J connectivity index is 1.87. The maximum Gasteiger partial charge on any atom is 0.293 e. The van der Waals surface area contributed by atoms with E-state index in [2.05, 4.69) is 15.5 Å². The van der Waals surface area contributed by atoms with Crippen LogP contribution in [-0.4, -0.2) is 23.2 Å². The highest BCUT2D eigenvalue weighted by Crippen LogP contribution is 2.26. The largest absolute Gasteiger partial charge is 0.440 e. The zero-order valence-corrected chi connectivity index (χ0v) is 9.20. The molecule has 0 spiro atoms. The molecule has 0 bridgehead atoms. The molecule has 1 aliphatic rings. The monoisotopic (exact) mass is 239 g/mol. The number of nitrogens with one attached hydrogen (secondary N) is 1. The molecule has 0 saturated carbocycles. The van der Waals surface area contributed by atoms with Gasteiger partial charge in [0.25, 0.3) is 5.89 Å². The molecule has 1 saturated heterocycles. The van der Waals surface area contributed by atoms with Gasteiger partial charge < -0.3 is 14.3 Å². The van der Waals surface area contributed by atoms with Crippen LogP contribution in [0, 0.1) is 0 Å². The first-order chi connectivity index (χ1) is 7.83. The summed E-state index contributed by atoms with van der Waals surface area (Å²) in [7, 11) is 0. The molecule has 0 amide bonds. The molecule has 6 heteroatoms. The lowest BCUT2D eigenvalue weighted by Gasteiger charge is -1.98. The van der Waals surface area contributed by atoms with Gasteiger partial charge in [-0.25, -0.2) is 0 Å². The van der Waals surface area contributed by atoms with Gasteiger partial charge in [0, 0.05) is 12.5 Å². The van der Waals surface area contributed by atoms with Crippen molar-refractivity contribution in [3.63, 3.8) is 0 Å². The number of aromatic nitrogens is 2.